The molecule has 3 heteroatoms. The van der Waals surface area contributed by atoms with Crippen LogP contribution >= 0.6 is 0 Å². The third kappa shape index (κ3) is 7.20. The molecule has 16 heavy (non-hydrogen) atoms. The van der Waals surface area contributed by atoms with Gasteiger partial charge in [-0.15, -0.1) is 0 Å². The molecule has 0 amide bonds. The van der Waals surface area contributed by atoms with Crippen molar-refractivity contribution >= 4 is 0 Å². The molecule has 2 N–H and O–H groups in total. The molecule has 0 aromatic heterocycles. The van der Waals surface area contributed by atoms with E-state index in [0.29, 0.717) is 5.92 Å². The van der Waals surface area contributed by atoms with Gasteiger partial charge in [0.1, 0.15) is 6.23 Å². The van der Waals surface area contributed by atoms with Crippen LogP contribution in [0, 0.1) is 5.92 Å². The first-order valence-corrected chi connectivity index (χ1v) is 6.55. The maximum atomic E-state index is 9.92. The van der Waals surface area contributed by atoms with Crippen LogP contribution in [0.25, 0.3) is 0 Å². The molecule has 0 spiro atoms. The lowest BCUT2D eigenvalue weighted by atomic mass is 10.1. The van der Waals surface area contributed by atoms with Crippen molar-refractivity contribution in [2.75, 3.05) is 13.6 Å². The molecule has 98 valence electrons. The van der Waals surface area contributed by atoms with Gasteiger partial charge in [0.25, 0.3) is 0 Å². The van der Waals surface area contributed by atoms with Gasteiger partial charge >= 0.3 is 0 Å². The summed E-state index contributed by atoms with van der Waals surface area (Å²) < 4.78 is 0. The first kappa shape index (κ1) is 15.9. The van der Waals surface area contributed by atoms with Gasteiger partial charge in [0.2, 0.25) is 0 Å². The fourth-order valence-electron chi connectivity index (χ4n) is 1.76. The summed E-state index contributed by atoms with van der Waals surface area (Å²) in [5, 5.41) is 19.0. The quantitative estimate of drug-likeness (QED) is 0.472. The van der Waals surface area contributed by atoms with Crippen LogP contribution in [-0.4, -0.2) is 41.0 Å². The maximum absolute atomic E-state index is 9.92. The Morgan fingerprint density at radius 3 is 2.19 bits per heavy atom. The van der Waals surface area contributed by atoms with Crippen molar-refractivity contribution in [3.05, 3.63) is 0 Å². The molecule has 3 unspecified atom stereocenters. The standard InChI is InChI=1S/C13H29NO2/c1-5-11(2)13(16)14(4)10-8-6-7-9-12(3)15/h11-13,15-16H,5-10H2,1-4H3. The van der Waals surface area contributed by atoms with Crippen LogP contribution in [0.4, 0.5) is 0 Å². The summed E-state index contributed by atoms with van der Waals surface area (Å²) in [5.41, 5.74) is 0. The van der Waals surface area contributed by atoms with Gasteiger partial charge in [-0.05, 0) is 39.2 Å². The van der Waals surface area contributed by atoms with E-state index < -0.39 is 0 Å². The van der Waals surface area contributed by atoms with Gasteiger partial charge in [-0.1, -0.05) is 26.7 Å². The highest BCUT2D eigenvalue weighted by molar-refractivity contribution is 4.63. The van der Waals surface area contributed by atoms with Crippen molar-refractivity contribution in [3.8, 4) is 0 Å². The van der Waals surface area contributed by atoms with E-state index in [9.17, 15) is 5.11 Å². The number of hydrogen-bond acceptors (Lipinski definition) is 3. The van der Waals surface area contributed by atoms with Crippen LogP contribution < -0.4 is 0 Å². The van der Waals surface area contributed by atoms with Crippen molar-refractivity contribution in [2.45, 2.75) is 65.2 Å². The second-order valence-corrected chi connectivity index (χ2v) is 4.98. The lowest BCUT2D eigenvalue weighted by Crippen LogP contribution is -2.37. The van der Waals surface area contributed by atoms with Crippen molar-refractivity contribution in [1.29, 1.82) is 0 Å². The molecule has 0 aliphatic carbocycles. The number of nitrogens with zero attached hydrogens (tertiary/aromatic N) is 1. The van der Waals surface area contributed by atoms with Crippen molar-refractivity contribution in [3.63, 3.8) is 0 Å². The summed E-state index contributed by atoms with van der Waals surface area (Å²) >= 11 is 0. The summed E-state index contributed by atoms with van der Waals surface area (Å²) in [6.07, 6.45) is 4.69. The van der Waals surface area contributed by atoms with Crippen molar-refractivity contribution in [1.82, 2.24) is 4.90 Å². The predicted molar refractivity (Wildman–Crippen MR) is 68.2 cm³/mol. The van der Waals surface area contributed by atoms with Gasteiger partial charge in [0.15, 0.2) is 0 Å². The molecule has 0 bridgehead atoms. The topological polar surface area (TPSA) is 43.7 Å². The van der Waals surface area contributed by atoms with Crippen molar-refractivity contribution < 1.29 is 10.2 Å². The number of rotatable bonds is 9. The third-order valence-electron chi connectivity index (χ3n) is 3.24. The monoisotopic (exact) mass is 231 g/mol. The normalized spacial score (nSPS) is 17.4. The molecule has 3 atom stereocenters. The van der Waals surface area contributed by atoms with E-state index >= 15 is 0 Å². The molecule has 0 aliphatic heterocycles. The van der Waals surface area contributed by atoms with Crippen LogP contribution in [0.2, 0.25) is 0 Å². The van der Waals surface area contributed by atoms with E-state index in [2.05, 4.69) is 13.8 Å². The molecule has 0 saturated carbocycles. The van der Waals surface area contributed by atoms with Gasteiger partial charge in [-0.2, -0.15) is 0 Å². The molecule has 0 heterocycles. The predicted octanol–water partition coefficient (Wildman–Crippen LogP) is 2.22. The Hall–Kier alpha value is -0.120. The summed E-state index contributed by atoms with van der Waals surface area (Å²) in [5.74, 6) is 0.336. The fraction of sp³-hybridized carbons (Fsp3) is 1.00. The second-order valence-electron chi connectivity index (χ2n) is 4.98. The zero-order chi connectivity index (χ0) is 12.6. The molecule has 0 rings (SSSR count). The Kier molecular flexibility index (Phi) is 8.90. The molecule has 0 aromatic rings. The number of unbranched alkanes of at least 4 members (excludes halogenated alkanes) is 2. The van der Waals surface area contributed by atoms with Gasteiger partial charge in [-0.3, -0.25) is 4.90 Å². The van der Waals surface area contributed by atoms with Crippen molar-refractivity contribution in [2.24, 2.45) is 5.92 Å². The Balaban J connectivity index is 3.53. The molecule has 0 aromatic carbocycles. The smallest absolute Gasteiger partial charge is 0.109 e. The Morgan fingerprint density at radius 1 is 1.06 bits per heavy atom. The summed E-state index contributed by atoms with van der Waals surface area (Å²) in [7, 11) is 1.98. The average Bonchev–Trinajstić information content (AvgIpc) is 2.25. The third-order valence-corrected chi connectivity index (χ3v) is 3.24. The van der Waals surface area contributed by atoms with E-state index in [0.717, 1.165) is 38.6 Å². The fourth-order valence-corrected chi connectivity index (χ4v) is 1.76. The van der Waals surface area contributed by atoms with E-state index in [4.69, 9.17) is 5.11 Å². The first-order valence-electron chi connectivity index (χ1n) is 6.55. The van der Waals surface area contributed by atoms with Gasteiger partial charge in [0, 0.05) is 6.54 Å². The summed E-state index contributed by atoms with van der Waals surface area (Å²) in [6, 6.07) is 0. The minimum absolute atomic E-state index is 0.177. The van der Waals surface area contributed by atoms with Crippen LogP contribution in [-0.2, 0) is 0 Å². The summed E-state index contributed by atoms with van der Waals surface area (Å²) in [6.45, 7) is 6.95. The van der Waals surface area contributed by atoms with Crippen LogP contribution in [0.3, 0.4) is 0 Å². The zero-order valence-corrected chi connectivity index (χ0v) is 11.3. The first-order chi connectivity index (χ1) is 7.49. The molecular weight excluding hydrogens is 202 g/mol. The SMILES string of the molecule is CCC(C)C(O)N(C)CCCCCC(C)O. The highest BCUT2D eigenvalue weighted by atomic mass is 16.3. The molecule has 0 fully saturated rings. The van der Waals surface area contributed by atoms with Crippen LogP contribution in [0.15, 0.2) is 0 Å². The lowest BCUT2D eigenvalue weighted by Gasteiger charge is -2.27. The average molecular weight is 231 g/mol. The number of hydrogen-bond donors (Lipinski definition) is 2. The van der Waals surface area contributed by atoms with Gasteiger partial charge < -0.3 is 10.2 Å². The van der Waals surface area contributed by atoms with Gasteiger partial charge in [-0.25, -0.2) is 0 Å². The van der Waals surface area contributed by atoms with Gasteiger partial charge in [0.05, 0.1) is 6.10 Å². The minimum atomic E-state index is -0.318. The van der Waals surface area contributed by atoms with Crippen LogP contribution in [0.5, 0.6) is 0 Å². The molecule has 0 aliphatic rings. The number of aliphatic hydroxyl groups excluding tert-OH is 2. The number of aliphatic hydroxyl groups is 2. The minimum Gasteiger partial charge on any atom is -0.393 e. The Morgan fingerprint density at radius 2 is 1.69 bits per heavy atom. The zero-order valence-electron chi connectivity index (χ0n) is 11.3. The molecule has 0 saturated heterocycles. The Bertz CT molecular complexity index is 162. The molecule has 3 nitrogen and oxygen atoms in total. The van der Waals surface area contributed by atoms with Crippen LogP contribution in [0.1, 0.15) is 52.9 Å². The summed E-state index contributed by atoms with van der Waals surface area (Å²) in [4.78, 5) is 2.02. The largest absolute Gasteiger partial charge is 0.393 e. The lowest BCUT2D eigenvalue weighted by molar-refractivity contribution is -0.0210. The van der Waals surface area contributed by atoms with E-state index in [1.807, 2.05) is 18.9 Å². The van der Waals surface area contributed by atoms with E-state index in [1.165, 1.54) is 0 Å². The van der Waals surface area contributed by atoms with E-state index in [-0.39, 0.29) is 12.3 Å². The Labute approximate surface area is 100 Å². The van der Waals surface area contributed by atoms with E-state index in [1.54, 1.807) is 0 Å². The highest BCUT2D eigenvalue weighted by Gasteiger charge is 2.16. The highest BCUT2D eigenvalue weighted by Crippen LogP contribution is 2.12. The second kappa shape index (κ2) is 8.97. The maximum Gasteiger partial charge on any atom is 0.109 e. The molecular formula is C13H29NO2. The molecule has 0 radical (unpaired) electrons.